The first kappa shape index (κ1) is 13.3. The summed E-state index contributed by atoms with van der Waals surface area (Å²) in [4.78, 5) is 12.2. The maximum Gasteiger partial charge on any atom is 0.276 e. The summed E-state index contributed by atoms with van der Waals surface area (Å²) in [5, 5.41) is 17.6. The molecule has 2 N–H and O–H groups in total. The van der Waals surface area contributed by atoms with Gasteiger partial charge in [-0.25, -0.2) is 0 Å². The Morgan fingerprint density at radius 2 is 2.00 bits per heavy atom. The van der Waals surface area contributed by atoms with Crippen LogP contribution in [-0.4, -0.2) is 31.1 Å². The topological polar surface area (TPSA) is 88.5 Å². The van der Waals surface area contributed by atoms with E-state index in [1.165, 1.54) is 0 Å². The standard InChI is InChI=1S/C14H16N6O/c1-8(2)13-7-12(18-20(13)3)14(21)15-9-4-5-10-11(6-9)17-19-16-10/h4-8H,1-3H3,(H,15,21)(H,16,17,19). The summed E-state index contributed by atoms with van der Waals surface area (Å²) in [5.41, 5.74) is 3.55. The summed E-state index contributed by atoms with van der Waals surface area (Å²) in [6.07, 6.45) is 0. The van der Waals surface area contributed by atoms with Gasteiger partial charge in [0.05, 0.1) is 0 Å². The first-order chi connectivity index (χ1) is 10.0. The third kappa shape index (κ3) is 2.49. The molecule has 108 valence electrons. The van der Waals surface area contributed by atoms with Gasteiger partial charge < -0.3 is 5.32 Å². The maximum atomic E-state index is 12.2. The maximum absolute atomic E-state index is 12.2. The minimum absolute atomic E-state index is 0.236. The quantitative estimate of drug-likeness (QED) is 0.770. The Balaban J connectivity index is 1.83. The lowest BCUT2D eigenvalue weighted by atomic mass is 10.1. The molecule has 7 heteroatoms. The molecule has 0 aliphatic carbocycles. The molecule has 0 bridgehead atoms. The average molecular weight is 284 g/mol. The van der Waals surface area contributed by atoms with Gasteiger partial charge in [-0.15, -0.1) is 0 Å². The lowest BCUT2D eigenvalue weighted by molar-refractivity contribution is 0.102. The number of H-pyrrole nitrogens is 1. The van der Waals surface area contributed by atoms with Crippen molar-refractivity contribution in [1.82, 2.24) is 25.2 Å². The van der Waals surface area contributed by atoms with E-state index in [1.807, 2.05) is 13.1 Å². The third-order valence-electron chi connectivity index (χ3n) is 3.31. The van der Waals surface area contributed by atoms with Gasteiger partial charge in [0.2, 0.25) is 0 Å². The highest BCUT2D eigenvalue weighted by Crippen LogP contribution is 2.18. The molecule has 2 heterocycles. The fraction of sp³-hybridized carbons (Fsp3) is 0.286. The molecule has 3 aromatic rings. The van der Waals surface area contributed by atoms with E-state index in [-0.39, 0.29) is 5.91 Å². The molecule has 1 aromatic carbocycles. The zero-order chi connectivity index (χ0) is 15.0. The molecule has 0 unspecified atom stereocenters. The average Bonchev–Trinajstić information content (AvgIpc) is 3.04. The Labute approximate surface area is 121 Å². The second-order valence-corrected chi connectivity index (χ2v) is 5.21. The summed E-state index contributed by atoms with van der Waals surface area (Å²) in [6.45, 7) is 4.13. The van der Waals surface area contributed by atoms with E-state index in [4.69, 9.17) is 0 Å². The van der Waals surface area contributed by atoms with E-state index in [1.54, 1.807) is 22.9 Å². The van der Waals surface area contributed by atoms with Crippen LogP contribution in [0.4, 0.5) is 5.69 Å². The van der Waals surface area contributed by atoms with Crippen molar-refractivity contribution in [2.75, 3.05) is 5.32 Å². The molecule has 0 aliphatic heterocycles. The van der Waals surface area contributed by atoms with Crippen LogP contribution in [0.25, 0.3) is 11.0 Å². The van der Waals surface area contributed by atoms with Crippen molar-refractivity contribution in [3.8, 4) is 0 Å². The highest BCUT2D eigenvalue weighted by molar-refractivity contribution is 6.03. The van der Waals surface area contributed by atoms with Gasteiger partial charge >= 0.3 is 0 Å². The van der Waals surface area contributed by atoms with Crippen LogP contribution in [0, 0.1) is 0 Å². The Hall–Kier alpha value is -2.70. The van der Waals surface area contributed by atoms with Crippen molar-refractivity contribution in [2.45, 2.75) is 19.8 Å². The van der Waals surface area contributed by atoms with Crippen LogP contribution in [-0.2, 0) is 7.05 Å². The van der Waals surface area contributed by atoms with Crippen molar-refractivity contribution in [3.05, 3.63) is 35.7 Å². The van der Waals surface area contributed by atoms with E-state index >= 15 is 0 Å². The zero-order valence-corrected chi connectivity index (χ0v) is 12.1. The molecule has 0 fully saturated rings. The lowest BCUT2D eigenvalue weighted by Crippen LogP contribution is -2.12. The number of fused-ring (bicyclic) bond motifs is 1. The van der Waals surface area contributed by atoms with Gasteiger partial charge in [0, 0.05) is 18.4 Å². The number of rotatable bonds is 3. The van der Waals surface area contributed by atoms with Gasteiger partial charge in [-0.2, -0.15) is 20.5 Å². The largest absolute Gasteiger partial charge is 0.321 e. The van der Waals surface area contributed by atoms with E-state index < -0.39 is 0 Å². The lowest BCUT2D eigenvalue weighted by Gasteiger charge is -2.02. The molecular weight excluding hydrogens is 268 g/mol. The predicted molar refractivity (Wildman–Crippen MR) is 79.1 cm³/mol. The monoisotopic (exact) mass is 284 g/mol. The first-order valence-corrected chi connectivity index (χ1v) is 6.70. The minimum atomic E-state index is -0.236. The normalized spacial score (nSPS) is 11.2. The fourth-order valence-electron chi connectivity index (χ4n) is 2.25. The molecule has 0 atom stereocenters. The molecule has 0 saturated carbocycles. The number of amides is 1. The van der Waals surface area contributed by atoms with Crippen molar-refractivity contribution in [3.63, 3.8) is 0 Å². The minimum Gasteiger partial charge on any atom is -0.321 e. The molecule has 1 amide bonds. The molecule has 3 rings (SSSR count). The van der Waals surface area contributed by atoms with Gasteiger partial charge in [-0.05, 0) is 30.2 Å². The Morgan fingerprint density at radius 3 is 2.71 bits per heavy atom. The highest BCUT2D eigenvalue weighted by Gasteiger charge is 2.15. The van der Waals surface area contributed by atoms with Crippen molar-refractivity contribution in [2.24, 2.45) is 7.05 Å². The summed E-state index contributed by atoms with van der Waals surface area (Å²) in [6, 6.07) is 7.17. The summed E-state index contributed by atoms with van der Waals surface area (Å²) in [5.74, 6) is 0.0795. The van der Waals surface area contributed by atoms with E-state index in [0.717, 1.165) is 11.2 Å². The van der Waals surface area contributed by atoms with Crippen molar-refractivity contribution in [1.29, 1.82) is 0 Å². The summed E-state index contributed by atoms with van der Waals surface area (Å²) >= 11 is 0. The number of nitrogens with zero attached hydrogens (tertiary/aromatic N) is 4. The molecule has 0 aliphatic rings. The van der Waals surface area contributed by atoms with Gasteiger partial charge in [0.15, 0.2) is 5.69 Å². The third-order valence-corrected chi connectivity index (χ3v) is 3.31. The molecule has 7 nitrogen and oxygen atoms in total. The van der Waals surface area contributed by atoms with Gasteiger partial charge in [0.25, 0.3) is 5.91 Å². The number of aromatic nitrogens is 5. The number of aromatic amines is 1. The summed E-state index contributed by atoms with van der Waals surface area (Å²) < 4.78 is 1.74. The number of benzene rings is 1. The number of anilines is 1. The number of aryl methyl sites for hydroxylation is 1. The molecular formula is C14H16N6O. The van der Waals surface area contributed by atoms with Crippen LogP contribution in [0.1, 0.15) is 35.9 Å². The fourth-order valence-corrected chi connectivity index (χ4v) is 2.25. The summed E-state index contributed by atoms with van der Waals surface area (Å²) in [7, 11) is 1.84. The van der Waals surface area contributed by atoms with Gasteiger partial charge in [-0.3, -0.25) is 9.48 Å². The zero-order valence-electron chi connectivity index (χ0n) is 12.1. The molecule has 21 heavy (non-hydrogen) atoms. The Bertz CT molecular complexity index is 801. The Kier molecular flexibility index (Phi) is 3.17. The number of hydrogen-bond donors (Lipinski definition) is 2. The number of hydrogen-bond acceptors (Lipinski definition) is 4. The van der Waals surface area contributed by atoms with E-state index in [2.05, 4.69) is 39.7 Å². The molecule has 0 saturated heterocycles. The van der Waals surface area contributed by atoms with Crippen molar-refractivity contribution >= 4 is 22.6 Å². The van der Waals surface area contributed by atoms with Crippen LogP contribution in [0.3, 0.4) is 0 Å². The SMILES string of the molecule is CC(C)c1cc(C(=O)Nc2ccc3n[nH]nc3c2)nn1C. The molecule has 0 spiro atoms. The van der Waals surface area contributed by atoms with E-state index in [0.29, 0.717) is 22.8 Å². The second-order valence-electron chi connectivity index (χ2n) is 5.21. The molecule has 0 radical (unpaired) electrons. The smallest absolute Gasteiger partial charge is 0.276 e. The first-order valence-electron chi connectivity index (χ1n) is 6.70. The highest BCUT2D eigenvalue weighted by atomic mass is 16.1. The van der Waals surface area contributed by atoms with Crippen LogP contribution < -0.4 is 5.32 Å². The van der Waals surface area contributed by atoms with Crippen molar-refractivity contribution < 1.29 is 4.79 Å². The van der Waals surface area contributed by atoms with Crippen LogP contribution in [0.5, 0.6) is 0 Å². The van der Waals surface area contributed by atoms with Crippen LogP contribution in [0.15, 0.2) is 24.3 Å². The van der Waals surface area contributed by atoms with Gasteiger partial charge in [-0.1, -0.05) is 13.8 Å². The van der Waals surface area contributed by atoms with Crippen LogP contribution in [0.2, 0.25) is 0 Å². The molecule has 2 aromatic heterocycles. The number of nitrogens with one attached hydrogen (secondary N) is 2. The predicted octanol–water partition coefficient (Wildman–Crippen LogP) is 2.07. The number of carbonyl (C=O) groups excluding carboxylic acids is 1. The van der Waals surface area contributed by atoms with Gasteiger partial charge in [0.1, 0.15) is 11.0 Å². The van der Waals surface area contributed by atoms with Crippen LogP contribution >= 0.6 is 0 Å². The second kappa shape index (κ2) is 5.01. The Morgan fingerprint density at radius 1 is 1.24 bits per heavy atom. The van der Waals surface area contributed by atoms with E-state index in [9.17, 15) is 4.79 Å². The number of carbonyl (C=O) groups is 1.